The fourth-order valence-corrected chi connectivity index (χ4v) is 5.63. The van der Waals surface area contributed by atoms with Gasteiger partial charge in [-0.15, -0.1) is 0 Å². The quantitative estimate of drug-likeness (QED) is 0.848. The highest BCUT2D eigenvalue weighted by Crippen LogP contribution is 2.44. The first-order chi connectivity index (χ1) is 10.3. The molecule has 2 fully saturated rings. The SMILES string of the molecule is CC1CN(S(=O)(=O)c2ccccc2Cl)C(C)CN1C1(C)CC1. The maximum atomic E-state index is 13.0. The minimum absolute atomic E-state index is 0.0464. The van der Waals surface area contributed by atoms with Gasteiger partial charge in [-0.25, -0.2) is 8.42 Å². The van der Waals surface area contributed by atoms with Crippen molar-refractivity contribution in [3.63, 3.8) is 0 Å². The molecule has 22 heavy (non-hydrogen) atoms. The normalized spacial score (nSPS) is 29.5. The zero-order valence-corrected chi connectivity index (χ0v) is 14.9. The number of rotatable bonds is 3. The molecule has 1 aliphatic heterocycles. The molecule has 0 bridgehead atoms. The van der Waals surface area contributed by atoms with Crippen molar-refractivity contribution in [2.75, 3.05) is 13.1 Å². The number of sulfonamides is 1. The van der Waals surface area contributed by atoms with E-state index in [1.807, 2.05) is 6.92 Å². The molecule has 6 heteroatoms. The number of hydrogen-bond donors (Lipinski definition) is 0. The van der Waals surface area contributed by atoms with Gasteiger partial charge < -0.3 is 0 Å². The van der Waals surface area contributed by atoms with E-state index in [1.54, 1.807) is 28.6 Å². The molecule has 1 heterocycles. The average Bonchev–Trinajstić information content (AvgIpc) is 3.20. The molecule has 1 saturated carbocycles. The Morgan fingerprint density at radius 1 is 1.14 bits per heavy atom. The maximum Gasteiger partial charge on any atom is 0.244 e. The number of piperazine rings is 1. The molecule has 2 atom stereocenters. The van der Waals surface area contributed by atoms with E-state index in [-0.39, 0.29) is 22.5 Å². The minimum Gasteiger partial charge on any atom is -0.292 e. The first-order valence-electron chi connectivity index (χ1n) is 7.79. The third-order valence-electron chi connectivity index (χ3n) is 5.02. The number of halogens is 1. The van der Waals surface area contributed by atoms with Crippen molar-refractivity contribution in [1.29, 1.82) is 0 Å². The summed E-state index contributed by atoms with van der Waals surface area (Å²) < 4.78 is 27.5. The molecule has 0 amide bonds. The fraction of sp³-hybridized carbons (Fsp3) is 0.625. The minimum atomic E-state index is -3.55. The summed E-state index contributed by atoms with van der Waals surface area (Å²) in [5.41, 5.74) is 0.272. The van der Waals surface area contributed by atoms with Crippen LogP contribution >= 0.6 is 11.6 Å². The topological polar surface area (TPSA) is 40.6 Å². The zero-order valence-electron chi connectivity index (χ0n) is 13.3. The molecular formula is C16H23ClN2O2S. The monoisotopic (exact) mass is 342 g/mol. The van der Waals surface area contributed by atoms with Crippen LogP contribution in [0.4, 0.5) is 0 Å². The molecule has 3 rings (SSSR count). The van der Waals surface area contributed by atoms with E-state index in [0.29, 0.717) is 11.6 Å². The molecule has 2 aliphatic rings. The van der Waals surface area contributed by atoms with Gasteiger partial charge in [0.05, 0.1) is 5.02 Å². The van der Waals surface area contributed by atoms with E-state index < -0.39 is 10.0 Å². The van der Waals surface area contributed by atoms with E-state index in [1.165, 1.54) is 12.8 Å². The van der Waals surface area contributed by atoms with Crippen LogP contribution in [0.2, 0.25) is 5.02 Å². The van der Waals surface area contributed by atoms with Gasteiger partial charge in [-0.05, 0) is 45.7 Å². The summed E-state index contributed by atoms with van der Waals surface area (Å²) in [5, 5.41) is 0.291. The van der Waals surface area contributed by atoms with Crippen LogP contribution in [-0.4, -0.2) is 48.3 Å². The van der Waals surface area contributed by atoms with E-state index in [2.05, 4.69) is 18.7 Å². The Hall–Kier alpha value is -0.620. The lowest BCUT2D eigenvalue weighted by Gasteiger charge is -2.46. The fourth-order valence-electron chi connectivity index (χ4n) is 3.43. The van der Waals surface area contributed by atoms with Crippen LogP contribution in [0.3, 0.4) is 0 Å². The van der Waals surface area contributed by atoms with Crippen LogP contribution in [0, 0.1) is 0 Å². The van der Waals surface area contributed by atoms with Crippen LogP contribution in [-0.2, 0) is 10.0 Å². The third-order valence-corrected chi connectivity index (χ3v) is 7.50. The third kappa shape index (κ3) is 2.68. The van der Waals surface area contributed by atoms with Gasteiger partial charge in [0.15, 0.2) is 0 Å². The lowest BCUT2D eigenvalue weighted by Crippen LogP contribution is -2.60. The Balaban J connectivity index is 1.88. The molecular weight excluding hydrogens is 320 g/mol. The molecule has 1 aliphatic carbocycles. The second kappa shape index (κ2) is 5.48. The van der Waals surface area contributed by atoms with Crippen LogP contribution in [0.5, 0.6) is 0 Å². The lowest BCUT2D eigenvalue weighted by molar-refractivity contribution is 0.0498. The smallest absolute Gasteiger partial charge is 0.244 e. The predicted octanol–water partition coefficient (Wildman–Crippen LogP) is 2.98. The van der Waals surface area contributed by atoms with Crippen molar-refractivity contribution in [3.8, 4) is 0 Å². The molecule has 0 N–H and O–H groups in total. The summed E-state index contributed by atoms with van der Waals surface area (Å²) in [6.45, 7) is 7.67. The van der Waals surface area contributed by atoms with Crippen LogP contribution in [0.15, 0.2) is 29.2 Å². The van der Waals surface area contributed by atoms with E-state index in [4.69, 9.17) is 11.6 Å². The summed E-state index contributed by atoms with van der Waals surface area (Å²) in [6.07, 6.45) is 2.42. The molecule has 1 aromatic carbocycles. The molecule has 1 saturated heterocycles. The molecule has 0 spiro atoms. The van der Waals surface area contributed by atoms with Gasteiger partial charge in [-0.3, -0.25) is 4.90 Å². The second-order valence-electron chi connectivity index (χ2n) is 6.85. The first kappa shape index (κ1) is 16.2. The van der Waals surface area contributed by atoms with Crippen molar-refractivity contribution >= 4 is 21.6 Å². The number of benzene rings is 1. The number of hydrogen-bond acceptors (Lipinski definition) is 3. The standard InChI is InChI=1S/C16H23ClN2O2S/c1-12-11-19(13(2)10-18(12)16(3)8-9-16)22(20,21)15-7-5-4-6-14(15)17/h4-7,12-13H,8-11H2,1-3H3. The number of nitrogens with zero attached hydrogens (tertiary/aromatic N) is 2. The molecule has 4 nitrogen and oxygen atoms in total. The average molecular weight is 343 g/mol. The van der Waals surface area contributed by atoms with Crippen molar-refractivity contribution in [1.82, 2.24) is 9.21 Å². The highest BCUT2D eigenvalue weighted by molar-refractivity contribution is 7.89. The summed E-state index contributed by atoms with van der Waals surface area (Å²) in [5.74, 6) is 0. The Kier molecular flexibility index (Phi) is 4.05. The van der Waals surface area contributed by atoms with E-state index in [9.17, 15) is 8.42 Å². The molecule has 2 unspecified atom stereocenters. The highest BCUT2D eigenvalue weighted by Gasteiger charge is 2.49. The zero-order chi connectivity index (χ0) is 16.1. The molecule has 0 aromatic heterocycles. The van der Waals surface area contributed by atoms with Gasteiger partial charge in [-0.1, -0.05) is 23.7 Å². The summed E-state index contributed by atoms with van der Waals surface area (Å²) in [7, 11) is -3.55. The predicted molar refractivity (Wildman–Crippen MR) is 88.6 cm³/mol. The summed E-state index contributed by atoms with van der Waals surface area (Å²) >= 11 is 6.11. The van der Waals surface area contributed by atoms with E-state index >= 15 is 0 Å². The van der Waals surface area contributed by atoms with Crippen molar-refractivity contribution in [2.45, 2.75) is 56.1 Å². The van der Waals surface area contributed by atoms with Crippen molar-refractivity contribution in [2.24, 2.45) is 0 Å². The first-order valence-corrected chi connectivity index (χ1v) is 9.61. The van der Waals surface area contributed by atoms with Gasteiger partial charge in [0.25, 0.3) is 0 Å². The second-order valence-corrected chi connectivity index (χ2v) is 9.12. The summed E-state index contributed by atoms with van der Waals surface area (Å²) in [6, 6.07) is 6.86. The van der Waals surface area contributed by atoms with E-state index in [0.717, 1.165) is 6.54 Å². The van der Waals surface area contributed by atoms with Gasteiger partial charge in [0, 0.05) is 30.7 Å². The molecule has 0 radical (unpaired) electrons. The van der Waals surface area contributed by atoms with Crippen molar-refractivity contribution in [3.05, 3.63) is 29.3 Å². The van der Waals surface area contributed by atoms with Crippen LogP contribution in [0.25, 0.3) is 0 Å². The van der Waals surface area contributed by atoms with Gasteiger partial charge in [0.2, 0.25) is 10.0 Å². The van der Waals surface area contributed by atoms with Gasteiger partial charge in [-0.2, -0.15) is 4.31 Å². The highest BCUT2D eigenvalue weighted by atomic mass is 35.5. The van der Waals surface area contributed by atoms with Gasteiger partial charge in [0.1, 0.15) is 4.90 Å². The lowest BCUT2D eigenvalue weighted by atomic mass is 10.1. The maximum absolute atomic E-state index is 13.0. The molecule has 122 valence electrons. The largest absolute Gasteiger partial charge is 0.292 e. The molecule has 1 aromatic rings. The Bertz CT molecular complexity index is 672. The van der Waals surface area contributed by atoms with Crippen molar-refractivity contribution < 1.29 is 8.42 Å². The van der Waals surface area contributed by atoms with Gasteiger partial charge >= 0.3 is 0 Å². The summed E-state index contributed by atoms with van der Waals surface area (Å²) in [4.78, 5) is 2.68. The Morgan fingerprint density at radius 3 is 2.36 bits per heavy atom. The van der Waals surface area contributed by atoms with Crippen LogP contribution in [0.1, 0.15) is 33.6 Å². The Labute approximate surface area is 138 Å². The van der Waals surface area contributed by atoms with Crippen LogP contribution < -0.4 is 0 Å². The Morgan fingerprint density at radius 2 is 1.77 bits per heavy atom.